The largest absolute Gasteiger partial charge is 0.457 e. The van der Waals surface area contributed by atoms with Crippen molar-refractivity contribution in [2.45, 2.75) is 6.54 Å². The average Bonchev–Trinajstić information content (AvgIpc) is 3.21. The van der Waals surface area contributed by atoms with Gasteiger partial charge in [-0.25, -0.2) is 4.39 Å². The van der Waals surface area contributed by atoms with Crippen LogP contribution in [0.4, 0.5) is 4.39 Å². The third-order valence-corrected chi connectivity index (χ3v) is 4.40. The molecule has 2 amide bonds. The first-order chi connectivity index (χ1) is 14.0. The summed E-state index contributed by atoms with van der Waals surface area (Å²) in [6.45, 7) is 0.399. The molecular weight excluding hydrogens is 371 g/mol. The number of halogens is 1. The van der Waals surface area contributed by atoms with Gasteiger partial charge >= 0.3 is 0 Å². The molecule has 1 aromatic heterocycles. The van der Waals surface area contributed by atoms with Crippen molar-refractivity contribution in [3.8, 4) is 11.3 Å². The molecule has 2 aromatic carbocycles. The number of likely N-dealkylation sites (N-methyl/N-ethyl adjacent to an activating group) is 1. The van der Waals surface area contributed by atoms with E-state index >= 15 is 0 Å². The van der Waals surface area contributed by atoms with E-state index in [2.05, 4.69) is 5.32 Å². The van der Waals surface area contributed by atoms with E-state index in [0.717, 1.165) is 5.56 Å². The Morgan fingerprint density at radius 1 is 1.07 bits per heavy atom. The summed E-state index contributed by atoms with van der Waals surface area (Å²) < 4.78 is 19.4. The second-order valence-electron chi connectivity index (χ2n) is 6.49. The number of benzene rings is 2. The molecule has 0 aliphatic rings. The standard InChI is InChI=1S/C23H21FN2O3/c1-25-23(28)17-9-7-16(8-10-17)15-26(2)22(27)14-12-18-11-13-21(29-18)19-5-3-4-6-20(19)24/h3-14H,15H2,1-2H3,(H,25,28)/b14-12+. The van der Waals surface area contributed by atoms with Crippen LogP contribution in [0.15, 0.2) is 71.2 Å². The molecule has 0 saturated carbocycles. The van der Waals surface area contributed by atoms with Gasteiger partial charge in [0.2, 0.25) is 5.91 Å². The van der Waals surface area contributed by atoms with Crippen LogP contribution >= 0.6 is 0 Å². The van der Waals surface area contributed by atoms with Gasteiger partial charge in [0.1, 0.15) is 17.3 Å². The first-order valence-corrected chi connectivity index (χ1v) is 9.07. The molecule has 0 bridgehead atoms. The van der Waals surface area contributed by atoms with E-state index < -0.39 is 0 Å². The highest BCUT2D eigenvalue weighted by atomic mass is 19.1. The van der Waals surface area contributed by atoms with E-state index in [1.165, 1.54) is 12.1 Å². The normalized spacial score (nSPS) is 10.9. The second kappa shape index (κ2) is 9.01. The Labute approximate surface area is 168 Å². The Balaban J connectivity index is 1.62. The summed E-state index contributed by atoms with van der Waals surface area (Å²) in [5.41, 5.74) is 1.84. The van der Waals surface area contributed by atoms with Crippen molar-refractivity contribution < 1.29 is 18.4 Å². The van der Waals surface area contributed by atoms with Crippen LogP contribution in [-0.2, 0) is 11.3 Å². The van der Waals surface area contributed by atoms with Gasteiger partial charge in [0.25, 0.3) is 5.91 Å². The number of nitrogens with one attached hydrogen (secondary N) is 1. The van der Waals surface area contributed by atoms with Crippen LogP contribution in [0.5, 0.6) is 0 Å². The van der Waals surface area contributed by atoms with Gasteiger partial charge in [-0.1, -0.05) is 24.3 Å². The third kappa shape index (κ3) is 4.99. The molecule has 0 radical (unpaired) electrons. The molecule has 0 unspecified atom stereocenters. The van der Waals surface area contributed by atoms with Gasteiger partial charge in [-0.15, -0.1) is 0 Å². The molecule has 6 heteroatoms. The molecule has 148 valence electrons. The smallest absolute Gasteiger partial charge is 0.251 e. The van der Waals surface area contributed by atoms with Crippen molar-refractivity contribution in [1.82, 2.24) is 10.2 Å². The quantitative estimate of drug-likeness (QED) is 0.642. The fraction of sp³-hybridized carbons (Fsp3) is 0.130. The maximum Gasteiger partial charge on any atom is 0.251 e. The van der Waals surface area contributed by atoms with Gasteiger partial charge in [0, 0.05) is 32.3 Å². The fourth-order valence-electron chi connectivity index (χ4n) is 2.79. The van der Waals surface area contributed by atoms with Crippen LogP contribution in [0, 0.1) is 5.82 Å². The molecule has 3 rings (SSSR count). The number of hydrogen-bond acceptors (Lipinski definition) is 3. The molecule has 1 heterocycles. The highest BCUT2D eigenvalue weighted by molar-refractivity contribution is 5.94. The number of furan rings is 1. The number of rotatable bonds is 6. The number of hydrogen-bond donors (Lipinski definition) is 1. The summed E-state index contributed by atoms with van der Waals surface area (Å²) in [6.07, 6.45) is 2.96. The van der Waals surface area contributed by atoms with Crippen LogP contribution in [0.2, 0.25) is 0 Å². The molecule has 0 saturated heterocycles. The van der Waals surface area contributed by atoms with Crippen LogP contribution in [0.25, 0.3) is 17.4 Å². The molecule has 1 N–H and O–H groups in total. The van der Waals surface area contributed by atoms with E-state index in [0.29, 0.717) is 29.2 Å². The number of amides is 2. The Hall–Kier alpha value is -3.67. The number of carbonyl (C=O) groups is 2. The Kier molecular flexibility index (Phi) is 6.24. The zero-order chi connectivity index (χ0) is 20.8. The molecule has 0 spiro atoms. The average molecular weight is 392 g/mol. The van der Waals surface area contributed by atoms with Gasteiger partial charge in [0.05, 0.1) is 5.56 Å². The van der Waals surface area contributed by atoms with Gasteiger partial charge in [0.15, 0.2) is 0 Å². The maximum absolute atomic E-state index is 13.8. The number of carbonyl (C=O) groups excluding carboxylic acids is 2. The van der Waals surface area contributed by atoms with Gasteiger partial charge in [-0.05, 0) is 48.0 Å². The van der Waals surface area contributed by atoms with Gasteiger partial charge in [-0.3, -0.25) is 9.59 Å². The summed E-state index contributed by atoms with van der Waals surface area (Å²) in [7, 11) is 3.26. The van der Waals surface area contributed by atoms with Crippen molar-refractivity contribution >= 4 is 17.9 Å². The highest BCUT2D eigenvalue weighted by Gasteiger charge is 2.10. The monoisotopic (exact) mass is 392 g/mol. The minimum atomic E-state index is -0.365. The summed E-state index contributed by atoms with van der Waals surface area (Å²) in [5, 5.41) is 2.56. The lowest BCUT2D eigenvalue weighted by atomic mass is 10.1. The lowest BCUT2D eigenvalue weighted by Gasteiger charge is -2.15. The lowest BCUT2D eigenvalue weighted by Crippen LogP contribution is -2.24. The van der Waals surface area contributed by atoms with Crippen molar-refractivity contribution in [2.75, 3.05) is 14.1 Å². The van der Waals surface area contributed by atoms with Gasteiger partial charge in [-0.2, -0.15) is 0 Å². The zero-order valence-electron chi connectivity index (χ0n) is 16.2. The highest BCUT2D eigenvalue weighted by Crippen LogP contribution is 2.25. The maximum atomic E-state index is 13.8. The summed E-state index contributed by atoms with van der Waals surface area (Å²) in [6, 6.07) is 16.8. The molecule has 0 atom stereocenters. The van der Waals surface area contributed by atoms with Gasteiger partial charge < -0.3 is 14.6 Å². The third-order valence-electron chi connectivity index (χ3n) is 4.40. The zero-order valence-corrected chi connectivity index (χ0v) is 16.2. The van der Waals surface area contributed by atoms with Crippen molar-refractivity contribution in [2.24, 2.45) is 0 Å². The summed E-state index contributed by atoms with van der Waals surface area (Å²) in [4.78, 5) is 25.5. The van der Waals surface area contributed by atoms with Crippen molar-refractivity contribution in [1.29, 1.82) is 0 Å². The topological polar surface area (TPSA) is 62.6 Å². The first-order valence-electron chi connectivity index (χ1n) is 9.07. The van der Waals surface area contributed by atoms with Crippen LogP contribution in [-0.4, -0.2) is 30.8 Å². The van der Waals surface area contributed by atoms with E-state index in [-0.39, 0.29) is 17.6 Å². The minimum Gasteiger partial charge on any atom is -0.457 e. The fourth-order valence-corrected chi connectivity index (χ4v) is 2.79. The molecular formula is C23H21FN2O3. The summed E-state index contributed by atoms with van der Waals surface area (Å²) in [5.74, 6) is 0.136. The molecule has 0 fully saturated rings. The van der Waals surface area contributed by atoms with E-state index in [1.54, 1.807) is 67.5 Å². The molecule has 3 aromatic rings. The summed E-state index contributed by atoms with van der Waals surface area (Å²) >= 11 is 0. The SMILES string of the molecule is CNC(=O)c1ccc(CN(C)C(=O)/C=C/c2ccc(-c3ccccc3F)o2)cc1. The van der Waals surface area contributed by atoms with E-state index in [1.807, 2.05) is 12.1 Å². The molecule has 0 aliphatic heterocycles. The predicted molar refractivity (Wildman–Crippen MR) is 109 cm³/mol. The van der Waals surface area contributed by atoms with Crippen molar-refractivity contribution in [3.05, 3.63) is 89.4 Å². The Morgan fingerprint density at radius 3 is 2.48 bits per heavy atom. The van der Waals surface area contributed by atoms with Crippen LogP contribution in [0.3, 0.4) is 0 Å². The van der Waals surface area contributed by atoms with Crippen LogP contribution in [0.1, 0.15) is 21.7 Å². The molecule has 0 aliphatic carbocycles. The minimum absolute atomic E-state index is 0.155. The predicted octanol–water partition coefficient (Wildman–Crippen LogP) is 4.12. The molecule has 5 nitrogen and oxygen atoms in total. The van der Waals surface area contributed by atoms with Crippen molar-refractivity contribution in [3.63, 3.8) is 0 Å². The first kappa shape index (κ1) is 20.1. The molecule has 29 heavy (non-hydrogen) atoms. The Bertz CT molecular complexity index is 1040. The van der Waals surface area contributed by atoms with Crippen LogP contribution < -0.4 is 5.32 Å². The number of nitrogens with zero attached hydrogens (tertiary/aromatic N) is 1. The second-order valence-corrected chi connectivity index (χ2v) is 6.49. The Morgan fingerprint density at radius 2 is 1.79 bits per heavy atom. The van der Waals surface area contributed by atoms with E-state index in [9.17, 15) is 14.0 Å². The van der Waals surface area contributed by atoms with E-state index in [4.69, 9.17) is 4.42 Å². The lowest BCUT2D eigenvalue weighted by molar-refractivity contribution is -0.125.